The minimum atomic E-state index is -2.43. The van der Waals surface area contributed by atoms with E-state index in [9.17, 15) is 8.78 Å². The number of hydrogen-bond donors (Lipinski definition) is 1. The van der Waals surface area contributed by atoms with Gasteiger partial charge in [0.15, 0.2) is 0 Å². The number of fused-ring (bicyclic) bond motifs is 1. The lowest BCUT2D eigenvalue weighted by Crippen LogP contribution is -2.17. The zero-order valence-corrected chi connectivity index (χ0v) is 14.4. The smallest absolute Gasteiger partial charge is 0.256 e. The molecule has 132 valence electrons. The molecule has 0 saturated carbocycles. The molecular formula is C17H17BF2N6. The zero-order valence-electron chi connectivity index (χ0n) is 14.4. The summed E-state index contributed by atoms with van der Waals surface area (Å²) in [5, 5.41) is 4.07. The van der Waals surface area contributed by atoms with E-state index in [0.29, 0.717) is 28.3 Å². The maximum atomic E-state index is 12.7. The first-order valence-corrected chi connectivity index (χ1v) is 7.87. The molecule has 0 aliphatic heterocycles. The Hall–Kier alpha value is -2.97. The van der Waals surface area contributed by atoms with Gasteiger partial charge in [-0.1, -0.05) is 12.7 Å². The van der Waals surface area contributed by atoms with Gasteiger partial charge in [0.25, 0.3) is 6.43 Å². The molecule has 0 atom stereocenters. The SMILES string of the molecule is [B]c1nc(N)nn2ccc(C(=C)/C=C\c3nc(C)n(CC(F)F)c3C)c12. The molecule has 3 aromatic heterocycles. The quantitative estimate of drug-likeness (QED) is 0.561. The number of halogens is 2. The maximum Gasteiger partial charge on any atom is 0.256 e. The highest BCUT2D eigenvalue weighted by Gasteiger charge is 2.14. The molecule has 0 fully saturated rings. The summed E-state index contributed by atoms with van der Waals surface area (Å²) in [7, 11) is 5.94. The van der Waals surface area contributed by atoms with Gasteiger partial charge in [-0.3, -0.25) is 0 Å². The molecule has 3 aromatic rings. The van der Waals surface area contributed by atoms with Crippen molar-refractivity contribution in [1.29, 1.82) is 0 Å². The number of rotatable bonds is 5. The van der Waals surface area contributed by atoms with E-state index in [2.05, 4.69) is 21.6 Å². The molecule has 6 nitrogen and oxygen atoms in total. The fraction of sp³-hybridized carbons (Fsp3) is 0.235. The van der Waals surface area contributed by atoms with Gasteiger partial charge in [-0.25, -0.2) is 23.3 Å². The van der Waals surface area contributed by atoms with Crippen molar-refractivity contribution in [2.75, 3.05) is 5.73 Å². The van der Waals surface area contributed by atoms with Crippen LogP contribution in [0.4, 0.5) is 14.7 Å². The molecule has 2 N–H and O–H groups in total. The van der Waals surface area contributed by atoms with Crippen LogP contribution in [0.1, 0.15) is 22.8 Å². The van der Waals surface area contributed by atoms with Gasteiger partial charge in [-0.05, 0) is 31.6 Å². The lowest BCUT2D eigenvalue weighted by molar-refractivity contribution is 0.125. The number of anilines is 1. The molecule has 0 aliphatic carbocycles. The van der Waals surface area contributed by atoms with Crippen LogP contribution in [0.2, 0.25) is 0 Å². The molecule has 3 heterocycles. The Labute approximate surface area is 150 Å². The second-order valence-corrected chi connectivity index (χ2v) is 5.87. The van der Waals surface area contributed by atoms with Gasteiger partial charge in [0.1, 0.15) is 13.7 Å². The Bertz CT molecular complexity index is 1020. The standard InChI is InChI=1S/C17H17BF2N6/c1-9(12-6-7-26-15(12)16(18)23-17(21)24-26)4-5-13-10(2)25(8-14(19)20)11(3)22-13/h4-7,14H,1,8H2,2-3H3,(H2,21,24)/b5-4-. The molecule has 0 aliphatic rings. The van der Waals surface area contributed by atoms with E-state index in [1.165, 1.54) is 4.57 Å². The predicted octanol–water partition coefficient (Wildman–Crippen LogP) is 1.91. The number of nitrogens with two attached hydrogens (primary N) is 1. The van der Waals surface area contributed by atoms with Gasteiger partial charge in [0.2, 0.25) is 5.95 Å². The number of alkyl halides is 2. The lowest BCUT2D eigenvalue weighted by atomic mass is 9.98. The summed E-state index contributed by atoms with van der Waals surface area (Å²) in [6.07, 6.45) is 2.78. The minimum absolute atomic E-state index is 0.0778. The average molecular weight is 354 g/mol. The monoisotopic (exact) mass is 354 g/mol. The van der Waals surface area contributed by atoms with Crippen molar-refractivity contribution >= 4 is 36.6 Å². The van der Waals surface area contributed by atoms with Crippen molar-refractivity contribution in [1.82, 2.24) is 24.1 Å². The number of hydrogen-bond acceptors (Lipinski definition) is 4. The van der Waals surface area contributed by atoms with E-state index in [1.54, 1.807) is 42.8 Å². The Balaban J connectivity index is 1.92. The molecule has 0 bridgehead atoms. The number of aryl methyl sites for hydroxylation is 1. The zero-order chi connectivity index (χ0) is 19.0. The Morgan fingerprint density at radius 3 is 2.81 bits per heavy atom. The van der Waals surface area contributed by atoms with Crippen molar-refractivity contribution < 1.29 is 8.78 Å². The van der Waals surface area contributed by atoms with E-state index in [-0.39, 0.29) is 18.1 Å². The van der Waals surface area contributed by atoms with Crippen LogP contribution in [0.25, 0.3) is 17.2 Å². The molecule has 0 spiro atoms. The summed E-state index contributed by atoms with van der Waals surface area (Å²) in [4.78, 5) is 8.30. The third kappa shape index (κ3) is 3.24. The third-order valence-corrected chi connectivity index (χ3v) is 4.11. The molecule has 9 heteroatoms. The Morgan fingerprint density at radius 1 is 1.38 bits per heavy atom. The fourth-order valence-corrected chi connectivity index (χ4v) is 2.86. The number of imidazole rings is 1. The minimum Gasteiger partial charge on any atom is -0.367 e. The topological polar surface area (TPSA) is 74.0 Å². The van der Waals surface area contributed by atoms with E-state index < -0.39 is 6.43 Å². The van der Waals surface area contributed by atoms with Crippen molar-refractivity contribution in [3.8, 4) is 0 Å². The highest BCUT2D eigenvalue weighted by atomic mass is 19.3. The summed E-state index contributed by atoms with van der Waals surface area (Å²) in [6, 6.07) is 1.81. The van der Waals surface area contributed by atoms with Crippen LogP contribution >= 0.6 is 0 Å². The first-order chi connectivity index (χ1) is 12.3. The highest BCUT2D eigenvalue weighted by Crippen LogP contribution is 2.21. The largest absolute Gasteiger partial charge is 0.367 e. The van der Waals surface area contributed by atoms with Crippen LogP contribution in [0, 0.1) is 13.8 Å². The third-order valence-electron chi connectivity index (χ3n) is 4.11. The van der Waals surface area contributed by atoms with Crippen LogP contribution in [0.3, 0.4) is 0 Å². The maximum absolute atomic E-state index is 12.7. The van der Waals surface area contributed by atoms with Crippen molar-refractivity contribution in [3.05, 3.63) is 47.7 Å². The van der Waals surface area contributed by atoms with Crippen LogP contribution in [0.15, 0.2) is 24.9 Å². The van der Waals surface area contributed by atoms with Crippen LogP contribution in [-0.4, -0.2) is 38.4 Å². The second-order valence-electron chi connectivity index (χ2n) is 5.87. The number of allylic oxidation sites excluding steroid dienone is 2. The Morgan fingerprint density at radius 2 is 2.12 bits per heavy atom. The van der Waals surface area contributed by atoms with Gasteiger partial charge in [0.05, 0.1) is 17.8 Å². The van der Waals surface area contributed by atoms with Gasteiger partial charge >= 0.3 is 0 Å². The highest BCUT2D eigenvalue weighted by molar-refractivity contribution is 6.35. The van der Waals surface area contributed by atoms with E-state index in [1.807, 2.05) is 0 Å². The van der Waals surface area contributed by atoms with E-state index >= 15 is 0 Å². The second kappa shape index (κ2) is 6.74. The van der Waals surface area contributed by atoms with Gasteiger partial charge in [0, 0.05) is 23.0 Å². The van der Waals surface area contributed by atoms with Crippen LogP contribution in [0.5, 0.6) is 0 Å². The van der Waals surface area contributed by atoms with E-state index in [0.717, 1.165) is 5.56 Å². The molecule has 3 rings (SSSR count). The van der Waals surface area contributed by atoms with Gasteiger partial charge in [-0.15, -0.1) is 5.10 Å². The summed E-state index contributed by atoms with van der Waals surface area (Å²) in [5.74, 6) is 0.615. The fourth-order valence-electron chi connectivity index (χ4n) is 2.86. The lowest BCUT2D eigenvalue weighted by Gasteiger charge is -2.06. The first-order valence-electron chi connectivity index (χ1n) is 7.87. The molecule has 2 radical (unpaired) electrons. The molecular weight excluding hydrogens is 337 g/mol. The predicted molar refractivity (Wildman–Crippen MR) is 98.6 cm³/mol. The molecule has 26 heavy (non-hydrogen) atoms. The average Bonchev–Trinajstić information content (AvgIpc) is 3.09. The summed E-state index contributed by atoms with van der Waals surface area (Å²) < 4.78 is 28.4. The molecule has 0 unspecified atom stereocenters. The summed E-state index contributed by atoms with van der Waals surface area (Å²) >= 11 is 0. The number of nitrogen functional groups attached to an aromatic ring is 1. The van der Waals surface area contributed by atoms with Crippen molar-refractivity contribution in [3.63, 3.8) is 0 Å². The molecule has 0 aromatic carbocycles. The van der Waals surface area contributed by atoms with Gasteiger partial charge < -0.3 is 10.3 Å². The summed E-state index contributed by atoms with van der Waals surface area (Å²) in [5.41, 5.74) is 9.13. The Kier molecular flexibility index (Phi) is 4.63. The van der Waals surface area contributed by atoms with Crippen molar-refractivity contribution in [2.45, 2.75) is 26.8 Å². The van der Waals surface area contributed by atoms with Crippen LogP contribution in [-0.2, 0) is 6.54 Å². The number of aromatic nitrogens is 5. The number of nitrogens with zero attached hydrogens (tertiary/aromatic N) is 5. The molecule has 0 amide bonds. The first kappa shape index (κ1) is 17.8. The normalized spacial score (nSPS) is 11.9. The van der Waals surface area contributed by atoms with Crippen LogP contribution < -0.4 is 11.3 Å². The van der Waals surface area contributed by atoms with E-state index in [4.69, 9.17) is 13.6 Å². The van der Waals surface area contributed by atoms with Gasteiger partial charge in [-0.2, -0.15) is 0 Å². The molecule has 0 saturated heterocycles. The summed E-state index contributed by atoms with van der Waals surface area (Å²) in [6.45, 7) is 7.12. The van der Waals surface area contributed by atoms with Crippen molar-refractivity contribution in [2.24, 2.45) is 0 Å².